The minimum absolute atomic E-state index is 0.260. The number of hydrogen-bond donors (Lipinski definition) is 1. The molecule has 0 aliphatic carbocycles. The van der Waals surface area contributed by atoms with E-state index in [4.69, 9.17) is 26.3 Å². The zero-order chi connectivity index (χ0) is 28.0. The molecule has 9 nitrogen and oxygen atoms in total. The molecule has 10 heteroatoms. The minimum Gasteiger partial charge on any atom is -0.430 e. The maximum absolute atomic E-state index is 13.0. The third-order valence-corrected chi connectivity index (χ3v) is 7.18. The number of aromatic amines is 1. The molecule has 2 aromatic heterocycles. The number of cyclic esters (lactones) is 1. The van der Waals surface area contributed by atoms with Gasteiger partial charge in [0.15, 0.2) is 0 Å². The first kappa shape index (κ1) is 28.3. The van der Waals surface area contributed by atoms with Crippen LogP contribution in [0.25, 0.3) is 5.57 Å². The van der Waals surface area contributed by atoms with Gasteiger partial charge in [0, 0.05) is 59.2 Å². The Kier molecular flexibility index (Phi) is 9.01. The van der Waals surface area contributed by atoms with Gasteiger partial charge in [0.1, 0.15) is 11.6 Å². The van der Waals surface area contributed by atoms with Gasteiger partial charge in [-0.15, -0.1) is 0 Å². The number of hydrogen-bond acceptors (Lipinski definition) is 7. The van der Waals surface area contributed by atoms with E-state index in [0.29, 0.717) is 24.5 Å². The van der Waals surface area contributed by atoms with Gasteiger partial charge >= 0.3 is 6.09 Å². The lowest BCUT2D eigenvalue weighted by atomic mass is 9.98. The molecule has 0 spiro atoms. The van der Waals surface area contributed by atoms with E-state index in [2.05, 4.69) is 16.9 Å². The van der Waals surface area contributed by atoms with Crippen LogP contribution < -0.4 is 4.90 Å². The number of carbonyl (C=O) groups is 2. The zero-order valence-corrected chi connectivity index (χ0v) is 23.7. The fourth-order valence-corrected chi connectivity index (χ4v) is 4.82. The van der Waals surface area contributed by atoms with Gasteiger partial charge in [0.25, 0.3) is 5.91 Å². The molecule has 2 aliphatic rings. The van der Waals surface area contributed by atoms with Crippen molar-refractivity contribution in [3.8, 4) is 0 Å². The van der Waals surface area contributed by atoms with Gasteiger partial charge in [0.2, 0.25) is 5.60 Å². The summed E-state index contributed by atoms with van der Waals surface area (Å²) in [5.74, 6) is 1.19. The second kappa shape index (κ2) is 12.4. The Balaban J connectivity index is 1.55. The van der Waals surface area contributed by atoms with Gasteiger partial charge in [-0.3, -0.25) is 9.79 Å². The summed E-state index contributed by atoms with van der Waals surface area (Å²) in [5.41, 5.74) is 2.62. The molecule has 1 fully saturated rings. The number of ether oxygens (including phenoxy) is 1. The summed E-state index contributed by atoms with van der Waals surface area (Å²) in [6.07, 6.45) is 7.53. The van der Waals surface area contributed by atoms with E-state index in [1.54, 1.807) is 19.2 Å². The van der Waals surface area contributed by atoms with Gasteiger partial charge in [-0.2, -0.15) is 0 Å². The number of nitrogens with zero attached hydrogens (tertiary/aromatic N) is 5. The summed E-state index contributed by atoms with van der Waals surface area (Å²) >= 11 is 6.13. The number of aliphatic imine (C=N–C) groups is 1. The highest BCUT2D eigenvalue weighted by molar-refractivity contribution is 6.30. The number of anilines is 1. The molecule has 1 unspecified atom stereocenters. The van der Waals surface area contributed by atoms with Crippen molar-refractivity contribution >= 4 is 40.7 Å². The van der Waals surface area contributed by atoms with Crippen LogP contribution in [0.4, 0.5) is 10.6 Å². The topological polar surface area (TPSA) is 104 Å². The third kappa shape index (κ3) is 6.30. The van der Waals surface area contributed by atoms with Crippen LogP contribution in [0, 0.1) is 6.92 Å². The third-order valence-electron chi connectivity index (χ3n) is 6.93. The van der Waals surface area contributed by atoms with Gasteiger partial charge in [-0.05, 0) is 69.9 Å². The van der Waals surface area contributed by atoms with E-state index >= 15 is 0 Å². The molecule has 2 aromatic rings. The normalized spacial score (nSPS) is 18.8. The number of halogens is 1. The van der Waals surface area contributed by atoms with Gasteiger partial charge in [0.05, 0.1) is 6.54 Å². The Morgan fingerprint density at radius 1 is 1.10 bits per heavy atom. The molecule has 39 heavy (non-hydrogen) atoms. The van der Waals surface area contributed by atoms with Crippen molar-refractivity contribution in [1.29, 1.82) is 0 Å². The van der Waals surface area contributed by atoms with Crippen LogP contribution in [0.2, 0.25) is 5.02 Å². The highest BCUT2D eigenvalue weighted by Gasteiger charge is 2.53. The van der Waals surface area contributed by atoms with Gasteiger partial charge in [-0.25, -0.2) is 19.7 Å². The molecule has 2 aliphatic heterocycles. The fourth-order valence-electron chi connectivity index (χ4n) is 4.70. The van der Waals surface area contributed by atoms with Crippen LogP contribution >= 0.6 is 11.6 Å². The second-order valence-corrected chi connectivity index (χ2v) is 10.1. The fraction of sp³-hybridized carbons (Fsp3) is 0.414. The molecule has 1 saturated heterocycles. The minimum atomic E-state index is -1.20. The van der Waals surface area contributed by atoms with Crippen molar-refractivity contribution in [3.05, 3.63) is 71.0 Å². The summed E-state index contributed by atoms with van der Waals surface area (Å²) in [5, 5.41) is 0.608. The number of aromatic nitrogens is 3. The Morgan fingerprint density at radius 2 is 1.92 bits per heavy atom. The molecule has 0 radical (unpaired) electrons. The lowest BCUT2D eigenvalue weighted by Crippen LogP contribution is -2.50. The number of pyridine rings is 1. The molecular weight excluding hydrogens is 516 g/mol. The average Bonchev–Trinajstić information content (AvgIpc) is 3.23. The summed E-state index contributed by atoms with van der Waals surface area (Å²) in [4.78, 5) is 45.8. The van der Waals surface area contributed by atoms with Crippen molar-refractivity contribution < 1.29 is 14.3 Å². The highest BCUT2D eigenvalue weighted by atomic mass is 35.5. The molecule has 0 bridgehead atoms. The quantitative estimate of drug-likeness (QED) is 0.418. The van der Waals surface area contributed by atoms with E-state index in [1.807, 2.05) is 55.4 Å². The first-order valence-corrected chi connectivity index (χ1v) is 13.8. The number of allylic oxidation sites excluding steroid dienone is 1. The van der Waals surface area contributed by atoms with Crippen molar-refractivity contribution in [2.24, 2.45) is 4.99 Å². The predicted molar refractivity (Wildman–Crippen MR) is 153 cm³/mol. The molecule has 4 heterocycles. The summed E-state index contributed by atoms with van der Waals surface area (Å²) in [7, 11) is 0. The number of aryl methyl sites for hydroxylation is 1. The summed E-state index contributed by atoms with van der Waals surface area (Å²) < 4.78 is 5.64. The van der Waals surface area contributed by atoms with E-state index in [-0.39, 0.29) is 12.5 Å². The summed E-state index contributed by atoms with van der Waals surface area (Å²) in [6.45, 7) is 8.90. The first-order chi connectivity index (χ1) is 18.8. The van der Waals surface area contributed by atoms with Crippen LogP contribution in [0.3, 0.4) is 0 Å². The molecule has 2 amide bonds. The number of amides is 2. The maximum Gasteiger partial charge on any atom is 0.417 e. The maximum atomic E-state index is 13.0. The van der Waals surface area contributed by atoms with Gasteiger partial charge in [-0.1, -0.05) is 25.4 Å². The lowest BCUT2D eigenvalue weighted by Gasteiger charge is -2.32. The predicted octanol–water partition coefficient (Wildman–Crippen LogP) is 5.88. The Morgan fingerprint density at radius 3 is 2.54 bits per heavy atom. The first-order valence-electron chi connectivity index (χ1n) is 13.4. The largest absolute Gasteiger partial charge is 0.430 e. The van der Waals surface area contributed by atoms with E-state index in [0.717, 1.165) is 53.4 Å². The van der Waals surface area contributed by atoms with Crippen molar-refractivity contribution in [2.75, 3.05) is 24.5 Å². The Bertz CT molecular complexity index is 1330. The SMILES string of the molecule is CCCN(CC1(CC)OC(=O)N(CC)C1=O)c1ccc(C2=NC=C(c3nccc(Cl)ccc(C)[nH]3)CC2)cn1. The number of nitrogens with one attached hydrogen (secondary N) is 1. The molecular formula is C29H35ClN6O3. The number of rotatable bonds is 9. The van der Waals surface area contributed by atoms with Crippen LogP contribution in [0.1, 0.15) is 63.5 Å². The molecule has 0 saturated carbocycles. The van der Waals surface area contributed by atoms with E-state index in [9.17, 15) is 9.59 Å². The van der Waals surface area contributed by atoms with Crippen LogP contribution in [-0.4, -0.2) is 62.8 Å². The van der Waals surface area contributed by atoms with Crippen molar-refractivity contribution in [2.45, 2.75) is 59.0 Å². The molecule has 1 atom stereocenters. The number of carbonyl (C=O) groups excluding carboxylic acids is 2. The van der Waals surface area contributed by atoms with Crippen LogP contribution in [0.15, 0.2) is 53.9 Å². The number of H-pyrrole nitrogens is 1. The summed E-state index contributed by atoms with van der Waals surface area (Å²) in [6, 6.07) is 9.42. The van der Waals surface area contributed by atoms with E-state index < -0.39 is 11.7 Å². The monoisotopic (exact) mass is 550 g/mol. The van der Waals surface area contributed by atoms with Crippen molar-refractivity contribution in [1.82, 2.24) is 19.9 Å². The standard InChI is InChI=1S/C29H35ClN6O3/c1-5-16-35(19-29(6-2)27(37)36(7-3)28(38)39-29)25-13-10-21(17-33-25)24-12-9-22(18-32-24)26-31-15-14-23(30)11-8-20(4)34-26/h8,10-11,13-15,17-18H,5-7,9,12,16,19H2,1-4H3,(H,31,34). The molecule has 206 valence electrons. The smallest absolute Gasteiger partial charge is 0.417 e. The van der Waals surface area contributed by atoms with E-state index in [1.165, 1.54) is 4.90 Å². The molecule has 0 aromatic carbocycles. The molecule has 4 rings (SSSR count). The Labute approximate surface area is 234 Å². The van der Waals surface area contributed by atoms with Crippen LogP contribution in [0.5, 0.6) is 0 Å². The zero-order valence-electron chi connectivity index (χ0n) is 22.9. The Hall–Kier alpha value is -3.72. The second-order valence-electron chi connectivity index (χ2n) is 9.64. The lowest BCUT2D eigenvalue weighted by molar-refractivity contribution is -0.136. The van der Waals surface area contributed by atoms with Crippen LogP contribution in [-0.2, 0) is 9.53 Å². The number of imide groups is 1. The van der Waals surface area contributed by atoms with Crippen molar-refractivity contribution in [3.63, 3.8) is 0 Å². The molecule has 1 N–H and O–H groups in total. The van der Waals surface area contributed by atoms with Gasteiger partial charge < -0.3 is 14.6 Å². The number of likely N-dealkylation sites (N-methyl/N-ethyl adjacent to an activating group) is 1. The average molecular weight is 551 g/mol. The highest BCUT2D eigenvalue weighted by Crippen LogP contribution is 2.31.